The number of aromatic nitrogens is 2. The van der Waals surface area contributed by atoms with Crippen molar-refractivity contribution in [1.82, 2.24) is 14.5 Å². The van der Waals surface area contributed by atoms with E-state index in [0.29, 0.717) is 10.2 Å². The molecule has 2 fully saturated rings. The van der Waals surface area contributed by atoms with Gasteiger partial charge >= 0.3 is 0 Å². The summed E-state index contributed by atoms with van der Waals surface area (Å²) < 4.78 is 1.47. The number of likely N-dealkylation sites (tertiary alicyclic amines) is 1. The number of carbonyl (C=O) groups is 1. The van der Waals surface area contributed by atoms with Gasteiger partial charge in [0.05, 0.1) is 11.7 Å². The van der Waals surface area contributed by atoms with Gasteiger partial charge in [-0.25, -0.2) is 4.98 Å². The Morgan fingerprint density at radius 3 is 2.73 bits per heavy atom. The van der Waals surface area contributed by atoms with E-state index in [0.717, 1.165) is 36.2 Å². The van der Waals surface area contributed by atoms with Gasteiger partial charge in [-0.1, -0.05) is 51.1 Å². The fourth-order valence-corrected chi connectivity index (χ4v) is 6.80. The Kier molecular flexibility index (Phi) is 4.40. The topological polar surface area (TPSA) is 55.2 Å². The monoisotopic (exact) mass is 421 g/mol. The van der Waals surface area contributed by atoms with Crippen LogP contribution in [-0.4, -0.2) is 32.9 Å². The first kappa shape index (κ1) is 19.5. The highest BCUT2D eigenvalue weighted by Crippen LogP contribution is 2.52. The summed E-state index contributed by atoms with van der Waals surface area (Å²) in [6.45, 7) is 7.75. The van der Waals surface area contributed by atoms with Crippen molar-refractivity contribution in [2.45, 2.75) is 52.6 Å². The van der Waals surface area contributed by atoms with Gasteiger partial charge in [-0.2, -0.15) is 0 Å². The highest BCUT2D eigenvalue weighted by atomic mass is 32.1. The molecule has 1 aliphatic carbocycles. The summed E-state index contributed by atoms with van der Waals surface area (Å²) in [7, 11) is 0. The van der Waals surface area contributed by atoms with Gasteiger partial charge < -0.3 is 4.90 Å². The van der Waals surface area contributed by atoms with Crippen LogP contribution in [0.2, 0.25) is 0 Å². The molecule has 1 amide bonds. The van der Waals surface area contributed by atoms with Gasteiger partial charge in [0, 0.05) is 17.5 Å². The minimum Gasteiger partial charge on any atom is -0.338 e. The molecule has 0 spiro atoms. The summed E-state index contributed by atoms with van der Waals surface area (Å²) in [6, 6.07) is 12.2. The number of amides is 1. The van der Waals surface area contributed by atoms with Crippen LogP contribution in [0, 0.1) is 10.8 Å². The Hall–Kier alpha value is -2.47. The Morgan fingerprint density at radius 1 is 1.20 bits per heavy atom. The number of rotatable bonds is 3. The second-order valence-corrected chi connectivity index (χ2v) is 11.1. The van der Waals surface area contributed by atoms with E-state index in [-0.39, 0.29) is 34.9 Å². The number of hydrogen-bond donors (Lipinski definition) is 0. The van der Waals surface area contributed by atoms with E-state index in [9.17, 15) is 9.59 Å². The first-order chi connectivity index (χ1) is 14.2. The van der Waals surface area contributed by atoms with Gasteiger partial charge in [-0.15, -0.1) is 11.3 Å². The highest BCUT2D eigenvalue weighted by molar-refractivity contribution is 7.21. The molecule has 5 nitrogen and oxygen atoms in total. The molecule has 2 atom stereocenters. The van der Waals surface area contributed by atoms with E-state index >= 15 is 0 Å². The summed E-state index contributed by atoms with van der Waals surface area (Å²) >= 11 is 1.51. The van der Waals surface area contributed by atoms with Crippen LogP contribution < -0.4 is 5.56 Å². The number of hydrogen-bond acceptors (Lipinski definition) is 4. The van der Waals surface area contributed by atoms with Crippen molar-refractivity contribution in [3.05, 3.63) is 53.1 Å². The average molecular weight is 422 g/mol. The van der Waals surface area contributed by atoms with Crippen molar-refractivity contribution in [2.24, 2.45) is 10.8 Å². The van der Waals surface area contributed by atoms with Crippen LogP contribution in [0.4, 0.5) is 0 Å². The van der Waals surface area contributed by atoms with Gasteiger partial charge in [0.2, 0.25) is 5.91 Å². The molecule has 2 bridgehead atoms. The summed E-state index contributed by atoms with van der Waals surface area (Å²) in [5.74, 6) is 0.0307. The molecule has 1 saturated heterocycles. The molecule has 5 rings (SSSR count). The van der Waals surface area contributed by atoms with Crippen molar-refractivity contribution in [1.29, 1.82) is 0 Å². The van der Waals surface area contributed by atoms with Crippen molar-refractivity contribution < 1.29 is 4.79 Å². The lowest BCUT2D eigenvalue weighted by Crippen LogP contribution is -2.40. The van der Waals surface area contributed by atoms with Crippen LogP contribution in [0.5, 0.6) is 0 Å². The van der Waals surface area contributed by atoms with E-state index in [4.69, 9.17) is 0 Å². The van der Waals surface area contributed by atoms with Crippen LogP contribution >= 0.6 is 11.3 Å². The van der Waals surface area contributed by atoms with Crippen molar-refractivity contribution in [3.8, 4) is 10.4 Å². The maximum Gasteiger partial charge on any atom is 0.262 e. The lowest BCUT2D eigenvalue weighted by atomic mass is 9.65. The van der Waals surface area contributed by atoms with Crippen LogP contribution in [0.15, 0.2) is 47.5 Å². The zero-order valence-corrected chi connectivity index (χ0v) is 18.5. The summed E-state index contributed by atoms with van der Waals surface area (Å²) in [5.41, 5.74) is 1.38. The molecular weight excluding hydrogens is 394 g/mol. The first-order valence-corrected chi connectivity index (χ1v) is 11.4. The Labute approximate surface area is 180 Å². The summed E-state index contributed by atoms with van der Waals surface area (Å²) in [6.07, 6.45) is 4.78. The fraction of sp³-hybridized carbons (Fsp3) is 0.458. The maximum atomic E-state index is 13.2. The second-order valence-electron chi connectivity index (χ2n) is 10.1. The van der Waals surface area contributed by atoms with E-state index in [1.165, 1.54) is 22.2 Å². The van der Waals surface area contributed by atoms with Gasteiger partial charge in [0.25, 0.3) is 5.56 Å². The van der Waals surface area contributed by atoms with Crippen LogP contribution in [0.3, 0.4) is 0 Å². The molecule has 1 aromatic carbocycles. The summed E-state index contributed by atoms with van der Waals surface area (Å²) in [5, 5.41) is 0.586. The van der Waals surface area contributed by atoms with E-state index in [2.05, 4.69) is 25.8 Å². The molecular formula is C24H27N3O2S. The Bertz CT molecular complexity index is 1180. The largest absolute Gasteiger partial charge is 0.338 e. The zero-order chi connectivity index (χ0) is 21.1. The summed E-state index contributed by atoms with van der Waals surface area (Å²) in [4.78, 5) is 34.5. The Morgan fingerprint density at radius 2 is 1.97 bits per heavy atom. The van der Waals surface area contributed by atoms with E-state index in [1.54, 1.807) is 0 Å². The predicted octanol–water partition coefficient (Wildman–Crippen LogP) is 4.55. The first-order valence-electron chi connectivity index (χ1n) is 10.6. The molecule has 0 radical (unpaired) electrons. The van der Waals surface area contributed by atoms with Crippen LogP contribution in [0.25, 0.3) is 20.7 Å². The van der Waals surface area contributed by atoms with Gasteiger partial charge in [0.1, 0.15) is 11.4 Å². The van der Waals surface area contributed by atoms with Gasteiger partial charge in [-0.05, 0) is 41.7 Å². The third-order valence-electron chi connectivity index (χ3n) is 6.62. The van der Waals surface area contributed by atoms with E-state index in [1.807, 2.05) is 41.3 Å². The van der Waals surface area contributed by atoms with Crippen LogP contribution in [-0.2, 0) is 11.3 Å². The third kappa shape index (κ3) is 3.37. The molecule has 6 heteroatoms. The molecule has 2 aromatic heterocycles. The number of fused-ring (bicyclic) bond motifs is 3. The lowest BCUT2D eigenvalue weighted by molar-refractivity contribution is -0.133. The molecule has 2 aliphatic rings. The molecule has 156 valence electrons. The number of carbonyl (C=O) groups excluding carboxylic acids is 1. The maximum absolute atomic E-state index is 13.2. The number of thiophene rings is 1. The molecule has 30 heavy (non-hydrogen) atoms. The SMILES string of the molecule is CC1(C)C[C@H]2C[C@](C)(CN2C(=O)Cn2cnc3sc(-c4ccccc4)cc3c2=O)C1. The normalized spacial score (nSPS) is 25.0. The fourth-order valence-electron chi connectivity index (χ4n) is 5.81. The number of benzene rings is 1. The minimum absolute atomic E-state index is 0.0307. The van der Waals surface area contributed by atoms with Crippen LogP contribution in [0.1, 0.15) is 40.0 Å². The second kappa shape index (κ2) is 6.77. The standard InChI is InChI=1S/C24H27N3O2S/c1-23(2)10-17-11-24(3,13-23)14-27(17)20(28)12-26-15-25-21-18(22(26)29)9-19(30-21)16-7-5-4-6-8-16/h4-9,15,17H,10-14H2,1-3H3/t17-,24-/m0/s1. The molecule has 3 aromatic rings. The van der Waals surface area contributed by atoms with Crippen molar-refractivity contribution in [2.75, 3.05) is 6.54 Å². The van der Waals surface area contributed by atoms with Gasteiger partial charge in [0.15, 0.2) is 0 Å². The van der Waals surface area contributed by atoms with E-state index < -0.39 is 0 Å². The molecule has 0 unspecified atom stereocenters. The number of nitrogens with zero attached hydrogens (tertiary/aromatic N) is 3. The molecule has 0 N–H and O–H groups in total. The molecule has 3 heterocycles. The highest BCUT2D eigenvalue weighted by Gasteiger charge is 2.50. The molecule has 1 aliphatic heterocycles. The predicted molar refractivity (Wildman–Crippen MR) is 121 cm³/mol. The Balaban J connectivity index is 1.41. The minimum atomic E-state index is -0.138. The van der Waals surface area contributed by atoms with Gasteiger partial charge in [-0.3, -0.25) is 14.2 Å². The molecule has 1 saturated carbocycles. The smallest absolute Gasteiger partial charge is 0.262 e. The third-order valence-corrected chi connectivity index (χ3v) is 7.71. The van der Waals surface area contributed by atoms with Crippen molar-refractivity contribution >= 4 is 27.5 Å². The quantitative estimate of drug-likeness (QED) is 0.623. The lowest BCUT2D eigenvalue weighted by Gasteiger charge is -2.39. The zero-order valence-electron chi connectivity index (χ0n) is 17.7. The van der Waals surface area contributed by atoms with Crippen molar-refractivity contribution in [3.63, 3.8) is 0 Å². The average Bonchev–Trinajstić information content (AvgIpc) is 3.23.